The van der Waals surface area contributed by atoms with E-state index in [4.69, 9.17) is 6.57 Å². The summed E-state index contributed by atoms with van der Waals surface area (Å²) in [4.78, 5) is 27.4. The predicted octanol–water partition coefficient (Wildman–Crippen LogP) is 0.792. The Morgan fingerprint density at radius 1 is 1.56 bits per heavy atom. The fourth-order valence-corrected chi connectivity index (χ4v) is 1.33. The molecule has 0 aliphatic rings. The van der Waals surface area contributed by atoms with E-state index in [0.717, 1.165) is 0 Å². The molecule has 0 fully saturated rings. The van der Waals surface area contributed by atoms with Crippen molar-refractivity contribution in [3.05, 3.63) is 23.7 Å². The third-order valence-corrected chi connectivity index (χ3v) is 2.07. The Balaban J connectivity index is 4.59. The third kappa shape index (κ3) is 4.13. The second kappa shape index (κ2) is 6.62. The van der Waals surface area contributed by atoms with Crippen molar-refractivity contribution >= 4 is 11.8 Å². The average molecular weight is 223 g/mol. The monoisotopic (exact) mass is 223 g/mol. The summed E-state index contributed by atoms with van der Waals surface area (Å²) in [7, 11) is 0. The Labute approximate surface area is 95.9 Å². The van der Waals surface area contributed by atoms with Gasteiger partial charge in [-0.05, 0) is 13.8 Å². The number of likely N-dealkylation sites (N-methyl/N-ethyl adjacent to an activating group) is 1. The van der Waals surface area contributed by atoms with Crippen molar-refractivity contribution in [2.75, 3.05) is 13.1 Å². The summed E-state index contributed by atoms with van der Waals surface area (Å²) in [5, 5.41) is 2.35. The van der Waals surface area contributed by atoms with Gasteiger partial charge in [-0.15, -0.1) is 0 Å². The number of carbonyl (C=O) groups excluding carboxylic acids is 2. The standard InChI is InChI=1S/C11H17N3O2/c1-6-14(8(2)7-12-5)11(16)9(3)13-10(4)15/h8H,3,6-7H2,1-2,4H3,(H,13,15)/t8-/m1/s1. The molecule has 0 unspecified atom stereocenters. The zero-order valence-corrected chi connectivity index (χ0v) is 9.91. The zero-order chi connectivity index (χ0) is 12.7. The molecule has 1 N–H and O–H groups in total. The smallest absolute Gasteiger partial charge is 0.270 e. The van der Waals surface area contributed by atoms with E-state index >= 15 is 0 Å². The van der Waals surface area contributed by atoms with Gasteiger partial charge in [-0.25, -0.2) is 6.57 Å². The highest BCUT2D eigenvalue weighted by molar-refractivity contribution is 5.96. The van der Waals surface area contributed by atoms with E-state index in [9.17, 15) is 9.59 Å². The number of hydrogen-bond acceptors (Lipinski definition) is 2. The average Bonchev–Trinajstić information content (AvgIpc) is 2.17. The van der Waals surface area contributed by atoms with Crippen molar-refractivity contribution < 1.29 is 9.59 Å². The molecule has 0 aromatic carbocycles. The molecular weight excluding hydrogens is 206 g/mol. The molecule has 16 heavy (non-hydrogen) atoms. The normalized spacial score (nSPS) is 11.1. The molecule has 0 bridgehead atoms. The van der Waals surface area contributed by atoms with Gasteiger partial charge in [0.05, 0.1) is 5.70 Å². The molecule has 0 rings (SSSR count). The Morgan fingerprint density at radius 2 is 2.12 bits per heavy atom. The number of nitrogens with zero attached hydrogens (tertiary/aromatic N) is 2. The van der Waals surface area contributed by atoms with Gasteiger partial charge in [-0.3, -0.25) is 9.59 Å². The van der Waals surface area contributed by atoms with Crippen LogP contribution in [0.25, 0.3) is 4.85 Å². The van der Waals surface area contributed by atoms with E-state index in [1.54, 1.807) is 6.92 Å². The van der Waals surface area contributed by atoms with Crippen molar-refractivity contribution in [1.82, 2.24) is 10.2 Å². The minimum Gasteiger partial charge on any atom is -0.327 e. The maximum absolute atomic E-state index is 11.8. The molecule has 0 saturated carbocycles. The fourth-order valence-electron chi connectivity index (χ4n) is 1.33. The molecule has 0 radical (unpaired) electrons. The van der Waals surface area contributed by atoms with Crippen LogP contribution in [0.3, 0.4) is 0 Å². The molecule has 0 spiro atoms. The molecule has 2 amide bonds. The number of nitrogens with one attached hydrogen (secondary N) is 1. The molecule has 0 aromatic rings. The van der Waals surface area contributed by atoms with Gasteiger partial charge in [0.25, 0.3) is 5.91 Å². The molecule has 5 nitrogen and oxygen atoms in total. The Hall–Kier alpha value is -1.83. The lowest BCUT2D eigenvalue weighted by Crippen LogP contribution is -2.43. The first-order valence-electron chi connectivity index (χ1n) is 5.04. The first-order chi connectivity index (χ1) is 7.43. The lowest BCUT2D eigenvalue weighted by Gasteiger charge is -2.25. The fraction of sp³-hybridized carbons (Fsp3) is 0.545. The lowest BCUT2D eigenvalue weighted by atomic mass is 10.2. The molecule has 0 heterocycles. The van der Waals surface area contributed by atoms with E-state index in [1.807, 2.05) is 6.92 Å². The van der Waals surface area contributed by atoms with Gasteiger partial charge in [0, 0.05) is 13.5 Å². The van der Waals surface area contributed by atoms with E-state index in [-0.39, 0.29) is 30.1 Å². The number of amides is 2. The number of rotatable bonds is 5. The van der Waals surface area contributed by atoms with Crippen LogP contribution in [0, 0.1) is 6.57 Å². The summed E-state index contributed by atoms with van der Waals surface area (Å²) in [6.45, 7) is 15.9. The second-order valence-electron chi connectivity index (χ2n) is 3.44. The minimum atomic E-state index is -0.339. The van der Waals surface area contributed by atoms with Crippen molar-refractivity contribution in [2.24, 2.45) is 0 Å². The molecule has 5 heteroatoms. The molecule has 88 valence electrons. The highest BCUT2D eigenvalue weighted by Crippen LogP contribution is 2.04. The SMILES string of the molecule is [C-]#[N+]C[C@@H](C)N(CC)C(=O)C(=C)NC(C)=O. The Bertz CT molecular complexity index is 331. The van der Waals surface area contributed by atoms with Crippen LogP contribution < -0.4 is 5.32 Å². The van der Waals surface area contributed by atoms with Gasteiger partial charge >= 0.3 is 0 Å². The van der Waals surface area contributed by atoms with Gasteiger partial charge in [-0.1, -0.05) is 6.58 Å². The molecule has 0 saturated heterocycles. The van der Waals surface area contributed by atoms with Crippen LogP contribution in [0.2, 0.25) is 0 Å². The van der Waals surface area contributed by atoms with Crippen molar-refractivity contribution in [3.63, 3.8) is 0 Å². The van der Waals surface area contributed by atoms with Crippen molar-refractivity contribution in [1.29, 1.82) is 0 Å². The quantitative estimate of drug-likeness (QED) is 0.553. The molecule has 0 aliphatic heterocycles. The van der Waals surface area contributed by atoms with E-state index < -0.39 is 0 Å². The summed E-state index contributed by atoms with van der Waals surface area (Å²) in [6.07, 6.45) is 0. The third-order valence-electron chi connectivity index (χ3n) is 2.07. The van der Waals surface area contributed by atoms with Crippen molar-refractivity contribution in [2.45, 2.75) is 26.8 Å². The summed E-state index contributed by atoms with van der Waals surface area (Å²) >= 11 is 0. The summed E-state index contributed by atoms with van der Waals surface area (Å²) in [5.41, 5.74) is 0.0474. The lowest BCUT2D eigenvalue weighted by molar-refractivity contribution is -0.130. The minimum absolute atomic E-state index is 0.0474. The summed E-state index contributed by atoms with van der Waals surface area (Å²) in [5.74, 6) is -0.666. The first kappa shape index (κ1) is 14.2. The maximum Gasteiger partial charge on any atom is 0.270 e. The van der Waals surface area contributed by atoms with E-state index in [1.165, 1.54) is 11.8 Å². The van der Waals surface area contributed by atoms with Gasteiger partial charge in [0.15, 0.2) is 0 Å². The Morgan fingerprint density at radius 3 is 2.50 bits per heavy atom. The van der Waals surface area contributed by atoms with E-state index in [0.29, 0.717) is 6.54 Å². The van der Waals surface area contributed by atoms with Crippen LogP contribution in [-0.2, 0) is 9.59 Å². The van der Waals surface area contributed by atoms with Crippen LogP contribution in [0.4, 0.5) is 0 Å². The molecule has 1 atom stereocenters. The highest BCUT2D eigenvalue weighted by Gasteiger charge is 2.22. The number of carbonyl (C=O) groups is 2. The van der Waals surface area contributed by atoms with Gasteiger partial charge in [-0.2, -0.15) is 0 Å². The number of hydrogen-bond donors (Lipinski definition) is 1. The molecular formula is C11H17N3O2. The maximum atomic E-state index is 11.8. The van der Waals surface area contributed by atoms with Crippen LogP contribution in [0.15, 0.2) is 12.3 Å². The summed E-state index contributed by atoms with van der Waals surface area (Å²) in [6, 6.07) is -0.180. The highest BCUT2D eigenvalue weighted by atomic mass is 16.2. The summed E-state index contributed by atoms with van der Waals surface area (Å²) < 4.78 is 0. The predicted molar refractivity (Wildman–Crippen MR) is 61.3 cm³/mol. The largest absolute Gasteiger partial charge is 0.327 e. The van der Waals surface area contributed by atoms with Crippen LogP contribution in [-0.4, -0.2) is 35.8 Å². The second-order valence-corrected chi connectivity index (χ2v) is 3.44. The van der Waals surface area contributed by atoms with Gasteiger partial charge < -0.3 is 15.1 Å². The van der Waals surface area contributed by atoms with Crippen molar-refractivity contribution in [3.8, 4) is 0 Å². The Kier molecular flexibility index (Phi) is 5.86. The molecule has 0 aliphatic carbocycles. The van der Waals surface area contributed by atoms with Crippen LogP contribution >= 0.6 is 0 Å². The topological polar surface area (TPSA) is 53.8 Å². The molecule has 0 aromatic heterocycles. The van der Waals surface area contributed by atoms with Gasteiger partial charge in [0.2, 0.25) is 12.5 Å². The first-order valence-corrected chi connectivity index (χ1v) is 5.04. The van der Waals surface area contributed by atoms with Crippen LogP contribution in [0.1, 0.15) is 20.8 Å². The zero-order valence-electron chi connectivity index (χ0n) is 9.91. The van der Waals surface area contributed by atoms with Crippen LogP contribution in [0.5, 0.6) is 0 Å². The van der Waals surface area contributed by atoms with E-state index in [2.05, 4.69) is 16.7 Å². The van der Waals surface area contributed by atoms with Gasteiger partial charge in [0.1, 0.15) is 6.04 Å².